The molecule has 1 fully saturated rings. The lowest BCUT2D eigenvalue weighted by Gasteiger charge is -2.18. The number of rotatable bonds is 8. The number of hydrogen-bond donors (Lipinski definition) is 4. The smallest absolute Gasteiger partial charge is 0.305 e. The summed E-state index contributed by atoms with van der Waals surface area (Å²) in [6, 6.07) is 6.99. The zero-order valence-electron chi connectivity index (χ0n) is 15.2. The van der Waals surface area contributed by atoms with Crippen LogP contribution < -0.4 is 10.6 Å². The lowest BCUT2D eigenvalue weighted by atomic mass is 10.0. The third kappa shape index (κ3) is 4.89. The highest BCUT2D eigenvalue weighted by Crippen LogP contribution is 2.39. The standard InChI is InChI=1S/C19H18BrFN6O2/c20-13-9-22-19(23-14(8-17(28)29)10-3-5-12(21)6-4-10)25-18(13)24-16-7-15(26-27-16)11-1-2-11/h3-7,9,11,14H,1-2,8H2,(H,28,29)(H3,22,23,24,25,26,27). The Bertz CT molecular complexity index is 1020. The molecule has 4 rings (SSSR count). The zero-order valence-corrected chi connectivity index (χ0v) is 16.8. The van der Waals surface area contributed by atoms with Crippen LogP contribution >= 0.6 is 15.9 Å². The van der Waals surface area contributed by atoms with E-state index < -0.39 is 12.0 Å². The number of benzene rings is 1. The van der Waals surface area contributed by atoms with E-state index in [0.717, 1.165) is 18.5 Å². The molecule has 0 saturated heterocycles. The van der Waals surface area contributed by atoms with Crippen molar-refractivity contribution in [2.45, 2.75) is 31.2 Å². The first-order valence-electron chi connectivity index (χ1n) is 9.06. The first kappa shape index (κ1) is 19.3. The third-order valence-corrected chi connectivity index (χ3v) is 5.13. The molecule has 4 N–H and O–H groups in total. The second-order valence-corrected chi connectivity index (χ2v) is 7.70. The number of carbonyl (C=O) groups is 1. The molecule has 1 atom stereocenters. The van der Waals surface area contributed by atoms with E-state index >= 15 is 0 Å². The van der Waals surface area contributed by atoms with Crippen molar-refractivity contribution in [1.82, 2.24) is 20.2 Å². The van der Waals surface area contributed by atoms with Gasteiger partial charge < -0.3 is 15.7 Å². The van der Waals surface area contributed by atoms with Gasteiger partial charge in [-0.25, -0.2) is 9.37 Å². The maximum absolute atomic E-state index is 13.2. The summed E-state index contributed by atoms with van der Waals surface area (Å²) in [6.07, 6.45) is 3.67. The molecule has 0 bridgehead atoms. The van der Waals surface area contributed by atoms with Crippen LogP contribution in [-0.2, 0) is 4.79 Å². The van der Waals surface area contributed by atoms with Crippen LogP contribution in [-0.4, -0.2) is 31.2 Å². The van der Waals surface area contributed by atoms with Crippen molar-refractivity contribution in [3.63, 3.8) is 0 Å². The molecule has 150 valence electrons. The molecule has 1 aromatic carbocycles. The number of carboxylic acid groups (broad SMARTS) is 1. The number of nitrogens with one attached hydrogen (secondary N) is 3. The van der Waals surface area contributed by atoms with Crippen molar-refractivity contribution in [2.75, 3.05) is 10.6 Å². The molecular weight excluding hydrogens is 443 g/mol. The highest BCUT2D eigenvalue weighted by molar-refractivity contribution is 9.10. The van der Waals surface area contributed by atoms with E-state index in [-0.39, 0.29) is 18.2 Å². The van der Waals surface area contributed by atoms with Crippen LogP contribution in [0.2, 0.25) is 0 Å². The summed E-state index contributed by atoms with van der Waals surface area (Å²) in [5, 5.41) is 22.7. The molecule has 0 spiro atoms. The van der Waals surface area contributed by atoms with E-state index in [4.69, 9.17) is 0 Å². The molecule has 0 amide bonds. The summed E-state index contributed by atoms with van der Waals surface area (Å²) in [5.41, 5.74) is 1.64. The van der Waals surface area contributed by atoms with Gasteiger partial charge in [-0.15, -0.1) is 0 Å². The second-order valence-electron chi connectivity index (χ2n) is 6.84. The number of aromatic amines is 1. The quantitative estimate of drug-likeness (QED) is 0.394. The highest BCUT2D eigenvalue weighted by atomic mass is 79.9. The number of H-pyrrole nitrogens is 1. The second kappa shape index (κ2) is 8.16. The fourth-order valence-corrected chi connectivity index (χ4v) is 3.21. The third-order valence-electron chi connectivity index (χ3n) is 4.54. The van der Waals surface area contributed by atoms with Crippen LogP contribution in [0.25, 0.3) is 0 Å². The van der Waals surface area contributed by atoms with Gasteiger partial charge in [0.15, 0.2) is 5.82 Å². The molecule has 2 aromatic heterocycles. The average Bonchev–Trinajstić information content (AvgIpc) is 3.43. The lowest BCUT2D eigenvalue weighted by Crippen LogP contribution is -2.17. The van der Waals surface area contributed by atoms with Crippen molar-refractivity contribution >= 4 is 39.5 Å². The highest BCUT2D eigenvalue weighted by Gasteiger charge is 2.26. The minimum atomic E-state index is -0.993. The fraction of sp³-hybridized carbons (Fsp3) is 0.263. The molecule has 1 aliphatic rings. The lowest BCUT2D eigenvalue weighted by molar-refractivity contribution is -0.137. The van der Waals surface area contributed by atoms with Crippen LogP contribution in [0.4, 0.5) is 22.0 Å². The van der Waals surface area contributed by atoms with Gasteiger partial charge in [0.05, 0.1) is 22.6 Å². The van der Waals surface area contributed by atoms with Crippen LogP contribution in [0.15, 0.2) is 41.0 Å². The van der Waals surface area contributed by atoms with Crippen molar-refractivity contribution in [1.29, 1.82) is 0 Å². The van der Waals surface area contributed by atoms with Gasteiger partial charge in [0.2, 0.25) is 5.95 Å². The molecule has 0 radical (unpaired) electrons. The van der Waals surface area contributed by atoms with Gasteiger partial charge in [0.25, 0.3) is 0 Å². The summed E-state index contributed by atoms with van der Waals surface area (Å²) in [7, 11) is 0. The molecule has 8 nitrogen and oxygen atoms in total. The van der Waals surface area contributed by atoms with E-state index in [0.29, 0.717) is 27.6 Å². The van der Waals surface area contributed by atoms with Gasteiger partial charge in [-0.1, -0.05) is 12.1 Å². The molecular formula is C19H18BrFN6O2. The van der Waals surface area contributed by atoms with Crippen LogP contribution in [0.5, 0.6) is 0 Å². The normalized spacial score (nSPS) is 14.4. The Hall–Kier alpha value is -3.01. The molecule has 1 unspecified atom stereocenters. The number of halogens is 2. The van der Waals surface area contributed by atoms with Crippen LogP contribution in [0, 0.1) is 5.82 Å². The van der Waals surface area contributed by atoms with Gasteiger partial charge in [-0.2, -0.15) is 10.1 Å². The minimum Gasteiger partial charge on any atom is -0.481 e. The summed E-state index contributed by atoms with van der Waals surface area (Å²) in [5.74, 6) is 0.597. The number of carboxylic acids is 1. The van der Waals surface area contributed by atoms with E-state index in [1.54, 1.807) is 6.20 Å². The Morgan fingerprint density at radius 3 is 2.79 bits per heavy atom. The minimum absolute atomic E-state index is 0.209. The molecule has 3 aromatic rings. The number of aliphatic carboxylic acids is 1. The monoisotopic (exact) mass is 460 g/mol. The maximum atomic E-state index is 13.2. The number of hydrogen-bond acceptors (Lipinski definition) is 6. The molecule has 2 heterocycles. The predicted molar refractivity (Wildman–Crippen MR) is 109 cm³/mol. The largest absolute Gasteiger partial charge is 0.481 e. The van der Waals surface area contributed by atoms with Crippen molar-refractivity contribution in [3.05, 3.63) is 58.1 Å². The molecule has 10 heteroatoms. The summed E-state index contributed by atoms with van der Waals surface area (Å²) < 4.78 is 13.9. The first-order chi connectivity index (χ1) is 14.0. The van der Waals surface area contributed by atoms with Gasteiger partial charge in [-0.05, 0) is 46.5 Å². The van der Waals surface area contributed by atoms with E-state index in [9.17, 15) is 14.3 Å². The van der Waals surface area contributed by atoms with Gasteiger partial charge in [0.1, 0.15) is 11.6 Å². The Morgan fingerprint density at radius 1 is 1.34 bits per heavy atom. The SMILES string of the molecule is O=C(O)CC(Nc1ncc(Br)c(Nc2cc(C3CC3)n[nH]2)n1)c1ccc(F)cc1. The Morgan fingerprint density at radius 2 is 2.10 bits per heavy atom. The molecule has 0 aliphatic heterocycles. The number of nitrogens with zero attached hydrogens (tertiary/aromatic N) is 3. The van der Waals surface area contributed by atoms with Gasteiger partial charge >= 0.3 is 5.97 Å². The topological polar surface area (TPSA) is 116 Å². The summed E-state index contributed by atoms with van der Waals surface area (Å²) in [4.78, 5) is 19.9. The Balaban J connectivity index is 1.53. The van der Waals surface area contributed by atoms with Gasteiger partial charge in [0, 0.05) is 18.2 Å². The molecule has 1 saturated carbocycles. The fourth-order valence-electron chi connectivity index (χ4n) is 2.92. The predicted octanol–water partition coefficient (Wildman–Crippen LogP) is 4.35. The van der Waals surface area contributed by atoms with E-state index in [1.165, 1.54) is 24.3 Å². The van der Waals surface area contributed by atoms with Crippen LogP contribution in [0.1, 0.15) is 42.5 Å². The Labute approximate surface area is 174 Å². The van der Waals surface area contributed by atoms with E-state index in [2.05, 4.69) is 46.7 Å². The summed E-state index contributed by atoms with van der Waals surface area (Å²) >= 11 is 3.41. The first-order valence-corrected chi connectivity index (χ1v) is 9.86. The average molecular weight is 461 g/mol. The van der Waals surface area contributed by atoms with Crippen molar-refractivity contribution in [3.8, 4) is 0 Å². The maximum Gasteiger partial charge on any atom is 0.305 e. The zero-order chi connectivity index (χ0) is 20.4. The molecule has 29 heavy (non-hydrogen) atoms. The van der Waals surface area contributed by atoms with Crippen molar-refractivity contribution in [2.24, 2.45) is 0 Å². The van der Waals surface area contributed by atoms with Crippen LogP contribution in [0.3, 0.4) is 0 Å². The van der Waals surface area contributed by atoms with E-state index in [1.807, 2.05) is 6.07 Å². The van der Waals surface area contributed by atoms with Gasteiger partial charge in [-0.3, -0.25) is 9.89 Å². The van der Waals surface area contributed by atoms with Crippen molar-refractivity contribution < 1.29 is 14.3 Å². The molecule has 1 aliphatic carbocycles. The number of aromatic nitrogens is 4. The number of anilines is 3. The summed E-state index contributed by atoms with van der Waals surface area (Å²) in [6.45, 7) is 0. The Kier molecular flexibility index (Phi) is 5.43.